The maximum Gasteiger partial charge on any atom is 0.254 e. The van der Waals surface area contributed by atoms with E-state index in [2.05, 4.69) is 9.97 Å². The number of nitrogens with zero attached hydrogens (tertiary/aromatic N) is 3. The summed E-state index contributed by atoms with van der Waals surface area (Å²) in [5.74, 6) is 0.0620. The van der Waals surface area contributed by atoms with Crippen molar-refractivity contribution in [2.24, 2.45) is 0 Å². The van der Waals surface area contributed by atoms with Crippen LogP contribution >= 0.6 is 22.9 Å². The molecule has 94 valence electrons. The van der Waals surface area contributed by atoms with Crippen LogP contribution in [0, 0.1) is 0 Å². The molecule has 2 aromatic heterocycles. The molecular formula is C11H11ClN4OS. The molecular weight excluding hydrogens is 272 g/mol. The number of rotatable bonds is 3. The van der Waals surface area contributed by atoms with Crippen molar-refractivity contribution in [2.45, 2.75) is 6.54 Å². The predicted octanol–water partition coefficient (Wildman–Crippen LogP) is 2.05. The summed E-state index contributed by atoms with van der Waals surface area (Å²) in [6, 6.07) is 3.00. The smallest absolute Gasteiger partial charge is 0.254 e. The first-order chi connectivity index (χ1) is 8.56. The Hall–Kier alpha value is -1.66. The van der Waals surface area contributed by atoms with Crippen molar-refractivity contribution >= 4 is 34.7 Å². The Bertz CT molecular complexity index is 538. The van der Waals surface area contributed by atoms with Crippen LogP contribution in [0.3, 0.4) is 0 Å². The van der Waals surface area contributed by atoms with Gasteiger partial charge in [-0.25, -0.2) is 9.97 Å². The number of anilines is 1. The monoisotopic (exact) mass is 282 g/mol. The largest absolute Gasteiger partial charge is 0.384 e. The zero-order valence-electron chi connectivity index (χ0n) is 9.63. The number of nitrogens with two attached hydrogens (primary N) is 1. The summed E-state index contributed by atoms with van der Waals surface area (Å²) in [5, 5.41) is 2.11. The Kier molecular flexibility index (Phi) is 3.78. The fourth-order valence-corrected chi connectivity index (χ4v) is 2.26. The van der Waals surface area contributed by atoms with E-state index in [9.17, 15) is 4.79 Å². The van der Waals surface area contributed by atoms with Crippen molar-refractivity contribution in [1.29, 1.82) is 0 Å². The number of hydrogen-bond acceptors (Lipinski definition) is 5. The zero-order valence-corrected chi connectivity index (χ0v) is 11.2. The quantitative estimate of drug-likeness (QED) is 0.875. The zero-order chi connectivity index (χ0) is 13.1. The topological polar surface area (TPSA) is 72.1 Å². The van der Waals surface area contributed by atoms with Gasteiger partial charge < -0.3 is 10.6 Å². The third-order valence-electron chi connectivity index (χ3n) is 2.29. The third kappa shape index (κ3) is 2.96. The van der Waals surface area contributed by atoms with Gasteiger partial charge in [0.1, 0.15) is 11.0 Å². The van der Waals surface area contributed by atoms with E-state index in [0.29, 0.717) is 12.1 Å². The van der Waals surface area contributed by atoms with E-state index >= 15 is 0 Å². The van der Waals surface area contributed by atoms with Gasteiger partial charge in [0, 0.05) is 18.0 Å². The van der Waals surface area contributed by atoms with Crippen LogP contribution in [0.5, 0.6) is 0 Å². The lowest BCUT2D eigenvalue weighted by Crippen LogP contribution is -2.26. The Labute approximate surface area is 113 Å². The first-order valence-corrected chi connectivity index (χ1v) is 6.44. The van der Waals surface area contributed by atoms with Gasteiger partial charge in [-0.05, 0) is 12.1 Å². The van der Waals surface area contributed by atoms with Crippen molar-refractivity contribution in [2.75, 3.05) is 12.8 Å². The van der Waals surface area contributed by atoms with E-state index in [1.807, 2.05) is 5.38 Å². The number of halogens is 1. The van der Waals surface area contributed by atoms with Crippen LogP contribution in [0.4, 0.5) is 5.82 Å². The Morgan fingerprint density at radius 2 is 2.33 bits per heavy atom. The molecule has 0 aromatic carbocycles. The van der Waals surface area contributed by atoms with Crippen molar-refractivity contribution in [3.05, 3.63) is 39.4 Å². The predicted molar refractivity (Wildman–Crippen MR) is 71.6 cm³/mol. The number of pyridine rings is 1. The van der Waals surface area contributed by atoms with Crippen LogP contribution in [-0.4, -0.2) is 27.8 Å². The van der Waals surface area contributed by atoms with Gasteiger partial charge in [-0.1, -0.05) is 11.6 Å². The van der Waals surface area contributed by atoms with E-state index in [1.54, 1.807) is 17.5 Å². The highest BCUT2D eigenvalue weighted by Gasteiger charge is 2.14. The summed E-state index contributed by atoms with van der Waals surface area (Å²) < 4.78 is 0. The molecule has 0 aliphatic heterocycles. The van der Waals surface area contributed by atoms with Gasteiger partial charge >= 0.3 is 0 Å². The van der Waals surface area contributed by atoms with Gasteiger partial charge in [0.05, 0.1) is 17.7 Å². The van der Waals surface area contributed by atoms with Crippen LogP contribution in [0.25, 0.3) is 0 Å². The van der Waals surface area contributed by atoms with Gasteiger partial charge in [0.2, 0.25) is 0 Å². The van der Waals surface area contributed by atoms with Gasteiger partial charge in [-0.2, -0.15) is 0 Å². The fourth-order valence-electron chi connectivity index (χ4n) is 1.49. The van der Waals surface area contributed by atoms with Gasteiger partial charge in [0.25, 0.3) is 5.91 Å². The highest BCUT2D eigenvalue weighted by Crippen LogP contribution is 2.15. The highest BCUT2D eigenvalue weighted by molar-refractivity contribution is 7.07. The average molecular weight is 283 g/mol. The molecule has 0 aliphatic rings. The first kappa shape index (κ1) is 12.8. The summed E-state index contributed by atoms with van der Waals surface area (Å²) >= 11 is 7.26. The van der Waals surface area contributed by atoms with Crippen LogP contribution in [-0.2, 0) is 6.54 Å². The number of aromatic nitrogens is 2. The highest BCUT2D eigenvalue weighted by atomic mass is 35.5. The summed E-state index contributed by atoms with van der Waals surface area (Å²) in [6.07, 6.45) is 0. The molecule has 2 heterocycles. The lowest BCUT2D eigenvalue weighted by molar-refractivity contribution is 0.0783. The molecule has 2 aromatic rings. The number of carbonyl (C=O) groups excluding carboxylic acids is 1. The molecule has 1 amide bonds. The summed E-state index contributed by atoms with van der Waals surface area (Å²) in [7, 11) is 1.70. The van der Waals surface area contributed by atoms with Gasteiger partial charge in [-0.15, -0.1) is 11.3 Å². The molecule has 0 fully saturated rings. The van der Waals surface area contributed by atoms with Crippen molar-refractivity contribution in [3.8, 4) is 0 Å². The van der Waals surface area contributed by atoms with Crippen LogP contribution < -0.4 is 5.73 Å². The van der Waals surface area contributed by atoms with E-state index < -0.39 is 0 Å². The Morgan fingerprint density at radius 1 is 1.56 bits per heavy atom. The first-order valence-electron chi connectivity index (χ1n) is 5.12. The van der Waals surface area contributed by atoms with Crippen LogP contribution in [0.15, 0.2) is 23.0 Å². The van der Waals surface area contributed by atoms with E-state index in [-0.39, 0.29) is 16.9 Å². The van der Waals surface area contributed by atoms with Crippen molar-refractivity contribution in [3.63, 3.8) is 0 Å². The van der Waals surface area contributed by atoms with E-state index in [4.69, 9.17) is 17.3 Å². The molecule has 2 N–H and O–H groups in total. The Morgan fingerprint density at radius 3 is 2.94 bits per heavy atom. The van der Waals surface area contributed by atoms with Crippen LogP contribution in [0.1, 0.15) is 16.1 Å². The lowest BCUT2D eigenvalue weighted by atomic mass is 10.2. The minimum absolute atomic E-state index is 0.168. The number of carbonyl (C=O) groups is 1. The number of hydrogen-bond donors (Lipinski definition) is 1. The lowest BCUT2D eigenvalue weighted by Gasteiger charge is -2.16. The number of amides is 1. The number of nitrogen functional groups attached to an aromatic ring is 1. The second kappa shape index (κ2) is 5.32. The molecule has 2 rings (SSSR count). The fraction of sp³-hybridized carbons (Fsp3) is 0.182. The minimum Gasteiger partial charge on any atom is -0.384 e. The summed E-state index contributed by atoms with van der Waals surface area (Å²) in [5.41, 5.74) is 8.56. The molecule has 0 aliphatic carbocycles. The molecule has 18 heavy (non-hydrogen) atoms. The second-order valence-corrected chi connectivity index (χ2v) is 4.85. The maximum absolute atomic E-state index is 12.1. The second-order valence-electron chi connectivity index (χ2n) is 3.74. The van der Waals surface area contributed by atoms with Gasteiger partial charge in [-0.3, -0.25) is 4.79 Å². The van der Waals surface area contributed by atoms with Gasteiger partial charge in [0.15, 0.2) is 0 Å². The molecule has 0 spiro atoms. The maximum atomic E-state index is 12.1. The molecule has 5 nitrogen and oxygen atoms in total. The molecule has 0 bridgehead atoms. The molecule has 0 saturated carbocycles. The molecule has 0 saturated heterocycles. The summed E-state index contributed by atoms with van der Waals surface area (Å²) in [4.78, 5) is 21.6. The molecule has 0 radical (unpaired) electrons. The standard InChI is InChI=1S/C11H11ClN4OS/c1-16(4-8-5-18-6-14-8)11(17)7-2-9(12)15-10(13)3-7/h2-3,5-6H,4H2,1H3,(H2,13,15). The molecule has 0 atom stereocenters. The minimum atomic E-state index is -0.168. The normalized spacial score (nSPS) is 10.3. The van der Waals surface area contributed by atoms with Crippen molar-refractivity contribution < 1.29 is 4.79 Å². The summed E-state index contributed by atoms with van der Waals surface area (Å²) in [6.45, 7) is 0.447. The Balaban J connectivity index is 2.15. The van der Waals surface area contributed by atoms with E-state index in [1.165, 1.54) is 23.5 Å². The SMILES string of the molecule is CN(Cc1cscn1)C(=O)c1cc(N)nc(Cl)c1. The molecule has 0 unspecified atom stereocenters. The van der Waals surface area contributed by atoms with E-state index in [0.717, 1.165) is 5.69 Å². The number of thiazole rings is 1. The molecule has 7 heteroatoms. The van der Waals surface area contributed by atoms with Crippen LogP contribution in [0.2, 0.25) is 5.15 Å². The third-order valence-corrected chi connectivity index (χ3v) is 3.12. The van der Waals surface area contributed by atoms with Crippen molar-refractivity contribution in [1.82, 2.24) is 14.9 Å². The average Bonchev–Trinajstić information content (AvgIpc) is 2.79.